The number of hydrogen-bond donors (Lipinski definition) is 1. The number of nitrogens with zero attached hydrogens (tertiary/aromatic N) is 1. The molecule has 2 aromatic rings. The predicted molar refractivity (Wildman–Crippen MR) is 85.4 cm³/mol. The van der Waals surface area contributed by atoms with Crippen LogP contribution in [0.3, 0.4) is 0 Å². The summed E-state index contributed by atoms with van der Waals surface area (Å²) in [5.41, 5.74) is 9.71. The van der Waals surface area contributed by atoms with E-state index in [0.717, 1.165) is 24.1 Å². The van der Waals surface area contributed by atoms with Gasteiger partial charge in [0.05, 0.1) is 0 Å². The Hall–Kier alpha value is -1.94. The molecule has 2 aliphatic rings. The third kappa shape index (κ3) is 2.20. The van der Waals surface area contributed by atoms with Gasteiger partial charge in [0.1, 0.15) is 0 Å². The van der Waals surface area contributed by atoms with Crippen molar-refractivity contribution < 1.29 is 4.79 Å². The summed E-state index contributed by atoms with van der Waals surface area (Å²) < 4.78 is 0. The van der Waals surface area contributed by atoms with Crippen LogP contribution in [0.1, 0.15) is 21.5 Å². The van der Waals surface area contributed by atoms with E-state index in [4.69, 9.17) is 5.73 Å². The maximum Gasteiger partial charge on any atom is 0.254 e. The highest BCUT2D eigenvalue weighted by molar-refractivity contribution is 8.00. The molecule has 1 amide bonds. The van der Waals surface area contributed by atoms with Gasteiger partial charge in [-0.3, -0.25) is 4.79 Å². The van der Waals surface area contributed by atoms with Gasteiger partial charge in [-0.2, -0.15) is 0 Å². The molecule has 0 bridgehead atoms. The lowest BCUT2D eigenvalue weighted by atomic mass is 10.1. The number of carbonyl (C=O) groups excluding carboxylic acids is 1. The third-order valence-corrected chi connectivity index (χ3v) is 5.45. The summed E-state index contributed by atoms with van der Waals surface area (Å²) in [6, 6.07) is 14.2. The molecule has 2 heterocycles. The number of carbonyl (C=O) groups is 1. The second-order valence-corrected chi connectivity index (χ2v) is 7.00. The standard InChI is InChI=1S/C17H16N2OS/c18-13-6-5-12-9-19(17(20)15(12)8-13)10-14-7-11-3-1-2-4-16(11)21-14/h1-6,8,14H,7,9-10,18H2. The Bertz CT molecular complexity index is 703. The molecule has 1 atom stereocenters. The maximum atomic E-state index is 12.5. The Labute approximate surface area is 128 Å². The highest BCUT2D eigenvalue weighted by atomic mass is 32.2. The van der Waals surface area contributed by atoms with E-state index in [1.165, 1.54) is 10.5 Å². The van der Waals surface area contributed by atoms with E-state index < -0.39 is 0 Å². The molecule has 21 heavy (non-hydrogen) atoms. The second kappa shape index (κ2) is 4.81. The number of hydrogen-bond acceptors (Lipinski definition) is 3. The van der Waals surface area contributed by atoms with Crippen molar-refractivity contribution in [1.82, 2.24) is 4.90 Å². The van der Waals surface area contributed by atoms with Gasteiger partial charge < -0.3 is 10.6 Å². The van der Waals surface area contributed by atoms with E-state index in [2.05, 4.69) is 24.3 Å². The molecule has 0 saturated heterocycles. The molecule has 2 aliphatic heterocycles. The summed E-state index contributed by atoms with van der Waals surface area (Å²) in [6.45, 7) is 1.51. The molecule has 0 radical (unpaired) electrons. The highest BCUT2D eigenvalue weighted by Crippen LogP contribution is 2.38. The van der Waals surface area contributed by atoms with Crippen molar-refractivity contribution in [2.45, 2.75) is 23.1 Å². The van der Waals surface area contributed by atoms with Crippen molar-refractivity contribution in [1.29, 1.82) is 0 Å². The van der Waals surface area contributed by atoms with Gasteiger partial charge in [0, 0.05) is 34.5 Å². The number of fused-ring (bicyclic) bond motifs is 2. The Morgan fingerprint density at radius 2 is 2.05 bits per heavy atom. The van der Waals surface area contributed by atoms with E-state index in [-0.39, 0.29) is 5.91 Å². The summed E-state index contributed by atoms with van der Waals surface area (Å²) >= 11 is 1.89. The van der Waals surface area contributed by atoms with Gasteiger partial charge in [0.25, 0.3) is 5.91 Å². The minimum Gasteiger partial charge on any atom is -0.399 e. The van der Waals surface area contributed by atoms with Crippen LogP contribution in [0, 0.1) is 0 Å². The van der Waals surface area contributed by atoms with E-state index in [1.54, 1.807) is 6.07 Å². The topological polar surface area (TPSA) is 46.3 Å². The Kier molecular flexibility index (Phi) is 2.93. The Morgan fingerprint density at radius 3 is 2.90 bits per heavy atom. The van der Waals surface area contributed by atoms with Gasteiger partial charge in [0.2, 0.25) is 0 Å². The molecule has 0 aliphatic carbocycles. The van der Waals surface area contributed by atoms with Crippen LogP contribution < -0.4 is 5.73 Å². The number of amides is 1. The summed E-state index contributed by atoms with van der Waals surface area (Å²) in [5, 5.41) is 0.456. The monoisotopic (exact) mass is 296 g/mol. The van der Waals surface area contributed by atoms with Crippen molar-refractivity contribution in [3.8, 4) is 0 Å². The first-order valence-corrected chi connectivity index (χ1v) is 8.01. The summed E-state index contributed by atoms with van der Waals surface area (Å²) in [7, 11) is 0. The fourth-order valence-corrected chi connectivity index (χ4v) is 4.46. The molecule has 0 saturated carbocycles. The molecule has 4 rings (SSSR count). The molecule has 4 heteroatoms. The molecule has 2 N–H and O–H groups in total. The van der Waals surface area contributed by atoms with E-state index in [0.29, 0.717) is 17.5 Å². The largest absolute Gasteiger partial charge is 0.399 e. The smallest absolute Gasteiger partial charge is 0.254 e. The SMILES string of the molecule is Nc1ccc2c(c1)C(=O)N(CC1Cc3ccccc3S1)C2. The minimum atomic E-state index is 0.119. The lowest BCUT2D eigenvalue weighted by molar-refractivity contribution is 0.0779. The van der Waals surface area contributed by atoms with Crippen LogP contribution in [0.25, 0.3) is 0 Å². The molecule has 1 unspecified atom stereocenters. The first-order valence-electron chi connectivity index (χ1n) is 7.13. The highest BCUT2D eigenvalue weighted by Gasteiger charge is 2.31. The molecule has 0 fully saturated rings. The van der Waals surface area contributed by atoms with E-state index in [9.17, 15) is 4.79 Å². The average Bonchev–Trinajstić information content (AvgIpc) is 3.01. The van der Waals surface area contributed by atoms with Gasteiger partial charge in [-0.15, -0.1) is 11.8 Å². The zero-order valence-electron chi connectivity index (χ0n) is 11.6. The molecular weight excluding hydrogens is 280 g/mol. The maximum absolute atomic E-state index is 12.5. The summed E-state index contributed by atoms with van der Waals surface area (Å²) in [4.78, 5) is 15.8. The van der Waals surface area contributed by atoms with Crippen LogP contribution in [0.2, 0.25) is 0 Å². The number of rotatable bonds is 2. The lowest BCUT2D eigenvalue weighted by Gasteiger charge is -2.19. The summed E-state index contributed by atoms with van der Waals surface area (Å²) in [6.07, 6.45) is 1.04. The van der Waals surface area contributed by atoms with Gasteiger partial charge >= 0.3 is 0 Å². The third-order valence-electron chi connectivity index (χ3n) is 4.15. The van der Waals surface area contributed by atoms with E-state index in [1.807, 2.05) is 28.8 Å². The molecule has 3 nitrogen and oxygen atoms in total. The minimum absolute atomic E-state index is 0.119. The van der Waals surface area contributed by atoms with Crippen molar-refractivity contribution in [2.24, 2.45) is 0 Å². The van der Waals surface area contributed by atoms with Crippen LogP contribution in [0.4, 0.5) is 5.69 Å². The first kappa shape index (κ1) is 12.8. The van der Waals surface area contributed by atoms with Crippen molar-refractivity contribution in [2.75, 3.05) is 12.3 Å². The Balaban J connectivity index is 1.50. The molecule has 0 aromatic heterocycles. The summed E-state index contributed by atoms with van der Waals surface area (Å²) in [5.74, 6) is 0.119. The molecule has 106 valence electrons. The van der Waals surface area contributed by atoms with Crippen molar-refractivity contribution in [3.05, 3.63) is 59.2 Å². The van der Waals surface area contributed by atoms with Crippen LogP contribution in [0.15, 0.2) is 47.4 Å². The lowest BCUT2D eigenvalue weighted by Crippen LogP contribution is -2.31. The van der Waals surface area contributed by atoms with Crippen molar-refractivity contribution in [3.63, 3.8) is 0 Å². The van der Waals surface area contributed by atoms with Crippen LogP contribution in [-0.4, -0.2) is 22.6 Å². The van der Waals surface area contributed by atoms with Crippen LogP contribution >= 0.6 is 11.8 Å². The van der Waals surface area contributed by atoms with Crippen LogP contribution in [0.5, 0.6) is 0 Å². The number of anilines is 1. The van der Waals surface area contributed by atoms with Crippen LogP contribution in [-0.2, 0) is 13.0 Å². The van der Waals surface area contributed by atoms with Crippen molar-refractivity contribution >= 4 is 23.4 Å². The molecular formula is C17H16N2OS. The number of nitrogens with two attached hydrogens (primary N) is 1. The second-order valence-electron chi connectivity index (χ2n) is 5.65. The molecule has 0 spiro atoms. The number of benzene rings is 2. The van der Waals surface area contributed by atoms with Gasteiger partial charge in [0.15, 0.2) is 0 Å². The zero-order valence-corrected chi connectivity index (χ0v) is 12.4. The normalized spacial score (nSPS) is 19.7. The number of nitrogen functional groups attached to an aromatic ring is 1. The first-order chi connectivity index (χ1) is 10.2. The van der Waals surface area contributed by atoms with Gasteiger partial charge in [-0.05, 0) is 35.7 Å². The quantitative estimate of drug-likeness (QED) is 0.867. The molecule has 2 aromatic carbocycles. The predicted octanol–water partition coefficient (Wildman–Crippen LogP) is 2.94. The average molecular weight is 296 g/mol. The fourth-order valence-electron chi connectivity index (χ4n) is 3.13. The number of thioether (sulfide) groups is 1. The fraction of sp³-hybridized carbons (Fsp3) is 0.235. The van der Waals surface area contributed by atoms with Gasteiger partial charge in [-0.25, -0.2) is 0 Å². The van der Waals surface area contributed by atoms with E-state index >= 15 is 0 Å². The van der Waals surface area contributed by atoms with Gasteiger partial charge in [-0.1, -0.05) is 24.3 Å². The zero-order chi connectivity index (χ0) is 14.4. The Morgan fingerprint density at radius 1 is 1.19 bits per heavy atom.